The molecule has 0 spiro atoms. The molecule has 0 fully saturated rings. The zero-order valence-electron chi connectivity index (χ0n) is 10.5. The molecular formula is C13H10ClFN2O4. The minimum absolute atomic E-state index is 0.0404. The summed E-state index contributed by atoms with van der Waals surface area (Å²) in [5.74, 6) is -1.91. The van der Waals surface area contributed by atoms with Crippen molar-refractivity contribution in [3.63, 3.8) is 0 Å². The Kier molecular flexibility index (Phi) is 4.44. The molecule has 2 rings (SSSR count). The predicted octanol–water partition coefficient (Wildman–Crippen LogP) is 3.09. The van der Waals surface area contributed by atoms with Crippen molar-refractivity contribution < 1.29 is 23.5 Å². The van der Waals surface area contributed by atoms with Crippen LogP contribution in [0.5, 0.6) is 0 Å². The summed E-state index contributed by atoms with van der Waals surface area (Å²) in [5.41, 5.74) is -0.0642. The molecule has 0 aliphatic heterocycles. The number of carbonyl (C=O) groups excluding carboxylic acids is 1. The second kappa shape index (κ2) is 6.27. The minimum atomic E-state index is -1.20. The molecule has 0 atom stereocenters. The van der Waals surface area contributed by atoms with Gasteiger partial charge >= 0.3 is 12.0 Å². The van der Waals surface area contributed by atoms with Gasteiger partial charge in [-0.2, -0.15) is 0 Å². The average Bonchev–Trinajstić information content (AvgIpc) is 2.91. The van der Waals surface area contributed by atoms with Crippen LogP contribution in [0.2, 0.25) is 5.02 Å². The Labute approximate surface area is 123 Å². The number of nitrogens with one attached hydrogen (secondary N) is 2. The zero-order chi connectivity index (χ0) is 15.4. The fraction of sp³-hybridized carbons (Fsp3) is 0.0769. The van der Waals surface area contributed by atoms with E-state index in [1.165, 1.54) is 30.3 Å². The van der Waals surface area contributed by atoms with Crippen molar-refractivity contribution in [2.24, 2.45) is 0 Å². The molecule has 0 radical (unpaired) electrons. The molecule has 1 heterocycles. The summed E-state index contributed by atoms with van der Waals surface area (Å²) >= 11 is 5.59. The number of amides is 2. The second-order valence-corrected chi connectivity index (χ2v) is 4.39. The number of anilines is 1. The number of hydrogen-bond acceptors (Lipinski definition) is 3. The fourth-order valence-electron chi connectivity index (χ4n) is 1.52. The topological polar surface area (TPSA) is 91.6 Å². The van der Waals surface area contributed by atoms with Crippen molar-refractivity contribution in [2.75, 3.05) is 5.32 Å². The monoisotopic (exact) mass is 312 g/mol. The van der Waals surface area contributed by atoms with Gasteiger partial charge in [-0.25, -0.2) is 14.0 Å². The van der Waals surface area contributed by atoms with Crippen LogP contribution in [0.15, 0.2) is 34.7 Å². The lowest BCUT2D eigenvalue weighted by molar-refractivity contribution is 0.0660. The Morgan fingerprint density at radius 2 is 2.05 bits per heavy atom. The van der Waals surface area contributed by atoms with Gasteiger partial charge in [0.05, 0.1) is 17.3 Å². The van der Waals surface area contributed by atoms with Gasteiger partial charge in [0.1, 0.15) is 5.76 Å². The van der Waals surface area contributed by atoms with E-state index in [4.69, 9.17) is 21.1 Å². The molecule has 2 amide bonds. The van der Waals surface area contributed by atoms with Crippen molar-refractivity contribution in [1.82, 2.24) is 5.32 Å². The maximum absolute atomic E-state index is 13.6. The van der Waals surface area contributed by atoms with E-state index in [0.29, 0.717) is 0 Å². The van der Waals surface area contributed by atoms with Gasteiger partial charge in [-0.05, 0) is 24.3 Å². The molecule has 0 bridgehead atoms. The summed E-state index contributed by atoms with van der Waals surface area (Å²) in [6.07, 6.45) is 0. The van der Waals surface area contributed by atoms with Gasteiger partial charge in [-0.15, -0.1) is 0 Å². The highest BCUT2D eigenvalue weighted by Crippen LogP contribution is 2.21. The van der Waals surface area contributed by atoms with Gasteiger partial charge in [0.15, 0.2) is 5.82 Å². The minimum Gasteiger partial charge on any atom is -0.475 e. The first-order chi connectivity index (χ1) is 9.97. The van der Waals surface area contributed by atoms with Crippen LogP contribution in [-0.4, -0.2) is 17.1 Å². The molecule has 3 N–H and O–H groups in total. The summed E-state index contributed by atoms with van der Waals surface area (Å²) < 4.78 is 18.5. The second-order valence-electron chi connectivity index (χ2n) is 3.98. The Balaban J connectivity index is 1.92. The van der Waals surface area contributed by atoms with E-state index >= 15 is 0 Å². The van der Waals surface area contributed by atoms with E-state index in [9.17, 15) is 14.0 Å². The zero-order valence-corrected chi connectivity index (χ0v) is 11.3. The summed E-state index contributed by atoms with van der Waals surface area (Å²) in [4.78, 5) is 22.2. The normalized spacial score (nSPS) is 10.2. The maximum Gasteiger partial charge on any atom is 0.371 e. The Bertz CT molecular complexity index is 687. The van der Waals surface area contributed by atoms with Gasteiger partial charge < -0.3 is 20.2 Å². The lowest BCUT2D eigenvalue weighted by Crippen LogP contribution is -2.28. The molecule has 1 aromatic heterocycles. The Morgan fingerprint density at radius 1 is 1.29 bits per heavy atom. The molecule has 0 aliphatic rings. The number of benzene rings is 1. The number of urea groups is 1. The van der Waals surface area contributed by atoms with Crippen LogP contribution in [0.3, 0.4) is 0 Å². The molecule has 0 saturated carbocycles. The number of rotatable bonds is 4. The van der Waals surface area contributed by atoms with Crippen LogP contribution < -0.4 is 10.6 Å². The predicted molar refractivity (Wildman–Crippen MR) is 72.9 cm³/mol. The lowest BCUT2D eigenvalue weighted by Gasteiger charge is -2.08. The van der Waals surface area contributed by atoms with Crippen molar-refractivity contribution in [1.29, 1.82) is 0 Å². The van der Waals surface area contributed by atoms with Crippen LogP contribution >= 0.6 is 11.6 Å². The number of halogens is 2. The van der Waals surface area contributed by atoms with Crippen molar-refractivity contribution in [2.45, 2.75) is 6.54 Å². The number of carboxylic acids is 1. The number of carbonyl (C=O) groups is 2. The number of hydrogen-bond donors (Lipinski definition) is 3. The van der Waals surface area contributed by atoms with E-state index in [1.54, 1.807) is 0 Å². The van der Waals surface area contributed by atoms with Gasteiger partial charge in [-0.1, -0.05) is 17.7 Å². The van der Waals surface area contributed by atoms with Gasteiger partial charge in [0.2, 0.25) is 5.76 Å². The number of aromatic carboxylic acids is 1. The van der Waals surface area contributed by atoms with Crippen molar-refractivity contribution in [3.8, 4) is 0 Å². The fourth-order valence-corrected chi connectivity index (χ4v) is 1.70. The summed E-state index contributed by atoms with van der Waals surface area (Å²) in [5, 5.41) is 13.3. The summed E-state index contributed by atoms with van der Waals surface area (Å²) in [6.45, 7) is -0.0404. The van der Waals surface area contributed by atoms with Crippen LogP contribution in [0, 0.1) is 5.82 Å². The highest BCUT2D eigenvalue weighted by Gasteiger charge is 2.11. The van der Waals surface area contributed by atoms with E-state index < -0.39 is 17.8 Å². The largest absolute Gasteiger partial charge is 0.475 e. The first-order valence-corrected chi connectivity index (χ1v) is 6.16. The molecule has 0 aliphatic carbocycles. The van der Waals surface area contributed by atoms with Crippen LogP contribution in [0.25, 0.3) is 0 Å². The Hall–Kier alpha value is -2.54. The first-order valence-electron chi connectivity index (χ1n) is 5.78. The third-order valence-corrected chi connectivity index (χ3v) is 2.79. The molecule has 0 saturated heterocycles. The SMILES string of the molecule is O=C(NCc1ccc(C(=O)O)o1)Nc1cccc(Cl)c1F. The first kappa shape index (κ1) is 14.9. The van der Waals surface area contributed by atoms with E-state index in [-0.39, 0.29) is 28.8 Å². The average molecular weight is 313 g/mol. The van der Waals surface area contributed by atoms with Crippen molar-refractivity contribution in [3.05, 3.63) is 52.7 Å². The van der Waals surface area contributed by atoms with Crippen LogP contribution in [0.4, 0.5) is 14.9 Å². The molecule has 0 unspecified atom stereocenters. The maximum atomic E-state index is 13.6. The van der Waals surface area contributed by atoms with Crippen molar-refractivity contribution >= 4 is 29.3 Å². The lowest BCUT2D eigenvalue weighted by atomic mass is 10.3. The summed E-state index contributed by atoms with van der Waals surface area (Å²) in [6, 6.07) is 6.22. The highest BCUT2D eigenvalue weighted by molar-refractivity contribution is 6.31. The molecule has 6 nitrogen and oxygen atoms in total. The van der Waals surface area contributed by atoms with Gasteiger partial charge in [-0.3, -0.25) is 0 Å². The smallest absolute Gasteiger partial charge is 0.371 e. The van der Waals surface area contributed by atoms with Crippen LogP contribution in [-0.2, 0) is 6.54 Å². The highest BCUT2D eigenvalue weighted by atomic mass is 35.5. The standard InChI is InChI=1S/C13H10ClFN2O4/c14-8-2-1-3-9(11(8)15)17-13(20)16-6-7-4-5-10(21-7)12(18)19/h1-5H,6H2,(H,18,19)(H2,16,17,20). The quantitative estimate of drug-likeness (QED) is 0.809. The number of carboxylic acid groups (broad SMARTS) is 1. The third kappa shape index (κ3) is 3.73. The van der Waals surface area contributed by atoms with E-state index in [2.05, 4.69) is 10.6 Å². The molecular weight excluding hydrogens is 303 g/mol. The van der Waals surface area contributed by atoms with Gasteiger partial charge in [0, 0.05) is 0 Å². The van der Waals surface area contributed by atoms with E-state index in [1.807, 2.05) is 0 Å². The number of furan rings is 1. The van der Waals surface area contributed by atoms with Gasteiger partial charge in [0.25, 0.3) is 0 Å². The Morgan fingerprint density at radius 3 is 2.71 bits per heavy atom. The molecule has 1 aromatic carbocycles. The molecule has 2 aromatic rings. The third-order valence-electron chi connectivity index (χ3n) is 2.50. The van der Waals surface area contributed by atoms with Crippen LogP contribution in [0.1, 0.15) is 16.3 Å². The molecule has 110 valence electrons. The molecule has 21 heavy (non-hydrogen) atoms. The summed E-state index contributed by atoms with van der Waals surface area (Å²) in [7, 11) is 0. The van der Waals surface area contributed by atoms with E-state index in [0.717, 1.165) is 0 Å². The molecule has 8 heteroatoms.